The number of ketones is 2. The molecule has 0 fully saturated rings. The number of benzene rings is 1. The number of aliphatic hydroxyl groups excluding tert-OH is 1. The molecule has 0 amide bonds. The minimum atomic E-state index is -4.67. The highest BCUT2D eigenvalue weighted by Crippen LogP contribution is 2.43. The van der Waals surface area contributed by atoms with E-state index in [1.54, 1.807) is 29.1 Å². The summed E-state index contributed by atoms with van der Waals surface area (Å²) in [5.41, 5.74) is -0.572. The van der Waals surface area contributed by atoms with Gasteiger partial charge in [-0.15, -0.1) is 0 Å². The summed E-state index contributed by atoms with van der Waals surface area (Å²) in [6.45, 7) is 0.361. The van der Waals surface area contributed by atoms with Crippen molar-refractivity contribution in [3.63, 3.8) is 0 Å². The van der Waals surface area contributed by atoms with Gasteiger partial charge < -0.3 is 9.67 Å². The molecule has 1 aromatic carbocycles. The van der Waals surface area contributed by atoms with Crippen molar-refractivity contribution >= 4 is 33.7 Å². The Hall–Kier alpha value is -3.26. The monoisotopic (exact) mass is 414 g/mol. The maximum Gasteiger partial charge on any atom is 0.417 e. The van der Waals surface area contributed by atoms with Gasteiger partial charge in [0.15, 0.2) is 11.6 Å². The number of rotatable bonds is 5. The van der Waals surface area contributed by atoms with Crippen molar-refractivity contribution in [1.82, 2.24) is 9.55 Å². The van der Waals surface area contributed by atoms with Gasteiger partial charge in [0.1, 0.15) is 5.65 Å². The summed E-state index contributed by atoms with van der Waals surface area (Å²) in [5.74, 6) is -1.15. The topological polar surface area (TPSA) is 72.2 Å². The molecule has 30 heavy (non-hydrogen) atoms. The Balaban J connectivity index is 2.01. The zero-order chi connectivity index (χ0) is 21.5. The van der Waals surface area contributed by atoms with E-state index in [1.165, 1.54) is 18.2 Å². The highest BCUT2D eigenvalue weighted by molar-refractivity contribution is 6.51. The van der Waals surface area contributed by atoms with E-state index in [0.717, 1.165) is 6.07 Å². The lowest BCUT2D eigenvalue weighted by atomic mass is 9.93. The number of fused-ring (bicyclic) bond motifs is 1. The Bertz CT molecular complexity index is 1190. The first-order valence-electron chi connectivity index (χ1n) is 9.35. The Kier molecular flexibility index (Phi) is 5.03. The van der Waals surface area contributed by atoms with E-state index < -0.39 is 29.7 Å². The number of aryl methyl sites for hydroxylation is 1. The molecule has 0 bridgehead atoms. The van der Waals surface area contributed by atoms with Crippen LogP contribution in [0.3, 0.4) is 0 Å². The number of halogens is 3. The summed E-state index contributed by atoms with van der Waals surface area (Å²) < 4.78 is 42.5. The van der Waals surface area contributed by atoms with Crippen LogP contribution >= 0.6 is 0 Å². The van der Waals surface area contributed by atoms with Crippen LogP contribution in [-0.4, -0.2) is 32.8 Å². The fourth-order valence-corrected chi connectivity index (χ4v) is 3.85. The van der Waals surface area contributed by atoms with Gasteiger partial charge in [-0.3, -0.25) is 9.59 Å². The van der Waals surface area contributed by atoms with E-state index in [2.05, 4.69) is 4.98 Å². The minimum Gasteiger partial charge on any atom is -0.396 e. The zero-order valence-corrected chi connectivity index (χ0v) is 15.7. The lowest BCUT2D eigenvalue weighted by molar-refractivity contribution is -0.137. The summed E-state index contributed by atoms with van der Waals surface area (Å²) in [6.07, 6.45) is -1.51. The van der Waals surface area contributed by atoms with Gasteiger partial charge in [0, 0.05) is 47.6 Å². The van der Waals surface area contributed by atoms with E-state index in [9.17, 15) is 22.8 Å². The van der Waals surface area contributed by atoms with Crippen molar-refractivity contribution in [2.75, 3.05) is 6.61 Å². The Morgan fingerprint density at radius 2 is 1.70 bits per heavy atom. The molecule has 8 heteroatoms. The van der Waals surface area contributed by atoms with Crippen LogP contribution in [0.15, 0.2) is 48.8 Å². The van der Waals surface area contributed by atoms with Crippen LogP contribution in [-0.2, 0) is 22.3 Å². The van der Waals surface area contributed by atoms with E-state index in [1.807, 2.05) is 0 Å². The molecule has 2 aromatic heterocycles. The molecular weight excluding hydrogens is 397 g/mol. The first kappa shape index (κ1) is 20.0. The van der Waals surface area contributed by atoms with Crippen molar-refractivity contribution in [3.8, 4) is 0 Å². The number of alkyl halides is 3. The number of nitrogens with zero attached hydrogens (tertiary/aromatic N) is 2. The largest absolute Gasteiger partial charge is 0.417 e. The van der Waals surface area contributed by atoms with Gasteiger partial charge in [-0.1, -0.05) is 18.2 Å². The fourth-order valence-electron chi connectivity index (χ4n) is 3.85. The van der Waals surface area contributed by atoms with Crippen LogP contribution < -0.4 is 0 Å². The second-order valence-electron chi connectivity index (χ2n) is 7.00. The number of allylic oxidation sites excluding steroid dienone is 2. The molecule has 154 valence electrons. The SMILES string of the molecule is O=C1CC(=O)C(c2cn(CCCO)c3ncccc23)=C1c1ccccc1C(F)(F)F. The van der Waals surface area contributed by atoms with Crippen molar-refractivity contribution in [1.29, 1.82) is 0 Å². The molecule has 2 heterocycles. The van der Waals surface area contributed by atoms with Crippen LogP contribution in [0.5, 0.6) is 0 Å². The zero-order valence-electron chi connectivity index (χ0n) is 15.7. The lowest BCUT2D eigenvalue weighted by Crippen LogP contribution is -2.10. The molecular formula is C22H17F3N2O3. The van der Waals surface area contributed by atoms with Crippen LogP contribution in [0.1, 0.15) is 29.5 Å². The summed E-state index contributed by atoms with van der Waals surface area (Å²) in [7, 11) is 0. The van der Waals surface area contributed by atoms with Crippen LogP contribution in [0, 0.1) is 0 Å². The second kappa shape index (κ2) is 7.53. The molecule has 0 saturated heterocycles. The molecule has 0 atom stereocenters. The van der Waals surface area contributed by atoms with Crippen molar-refractivity contribution in [3.05, 3.63) is 65.5 Å². The van der Waals surface area contributed by atoms with Gasteiger partial charge in [0.05, 0.1) is 12.0 Å². The molecule has 1 aliphatic rings. The van der Waals surface area contributed by atoms with E-state index in [-0.39, 0.29) is 23.3 Å². The molecule has 0 radical (unpaired) electrons. The third-order valence-electron chi connectivity index (χ3n) is 5.09. The molecule has 0 unspecified atom stereocenters. The van der Waals surface area contributed by atoms with Crippen LogP contribution in [0.4, 0.5) is 13.2 Å². The number of aromatic nitrogens is 2. The van der Waals surface area contributed by atoms with E-state index >= 15 is 0 Å². The summed E-state index contributed by atoms with van der Waals surface area (Å²) in [6, 6.07) is 8.16. The highest BCUT2D eigenvalue weighted by atomic mass is 19.4. The summed E-state index contributed by atoms with van der Waals surface area (Å²) in [5, 5.41) is 9.71. The highest BCUT2D eigenvalue weighted by Gasteiger charge is 2.40. The van der Waals surface area contributed by atoms with Gasteiger partial charge >= 0.3 is 6.18 Å². The maximum absolute atomic E-state index is 13.6. The second-order valence-corrected chi connectivity index (χ2v) is 7.00. The van der Waals surface area contributed by atoms with Gasteiger partial charge in [-0.25, -0.2) is 4.98 Å². The first-order chi connectivity index (χ1) is 14.3. The lowest BCUT2D eigenvalue weighted by Gasteiger charge is -2.14. The van der Waals surface area contributed by atoms with Crippen LogP contribution in [0.25, 0.3) is 22.2 Å². The van der Waals surface area contributed by atoms with Crippen LogP contribution in [0.2, 0.25) is 0 Å². The Morgan fingerprint density at radius 1 is 1.00 bits per heavy atom. The first-order valence-corrected chi connectivity index (χ1v) is 9.35. The number of Topliss-reactive ketones (excluding diaryl/α,β-unsaturated/α-hetero) is 2. The third kappa shape index (κ3) is 3.33. The summed E-state index contributed by atoms with van der Waals surface area (Å²) >= 11 is 0. The molecule has 1 N–H and O–H groups in total. The average Bonchev–Trinajstić information content (AvgIpc) is 3.22. The van der Waals surface area contributed by atoms with Crippen molar-refractivity contribution in [2.24, 2.45) is 0 Å². The smallest absolute Gasteiger partial charge is 0.396 e. The number of hydrogen-bond acceptors (Lipinski definition) is 4. The molecule has 5 nitrogen and oxygen atoms in total. The Morgan fingerprint density at radius 3 is 2.40 bits per heavy atom. The van der Waals surface area contributed by atoms with Gasteiger partial charge in [-0.05, 0) is 30.2 Å². The van der Waals surface area contributed by atoms with E-state index in [0.29, 0.717) is 29.6 Å². The normalized spacial score (nSPS) is 14.9. The number of pyridine rings is 1. The number of carbonyl (C=O) groups excluding carboxylic acids is 2. The Labute approximate surface area is 169 Å². The average molecular weight is 414 g/mol. The minimum absolute atomic E-state index is 0.0163. The number of carbonyl (C=O) groups is 2. The molecule has 3 aromatic rings. The van der Waals surface area contributed by atoms with E-state index in [4.69, 9.17) is 5.11 Å². The number of hydrogen-bond donors (Lipinski definition) is 1. The van der Waals surface area contributed by atoms with Gasteiger partial charge in [0.25, 0.3) is 0 Å². The van der Waals surface area contributed by atoms with Gasteiger partial charge in [0.2, 0.25) is 0 Å². The quantitative estimate of drug-likeness (QED) is 0.643. The third-order valence-corrected chi connectivity index (χ3v) is 5.09. The molecule has 0 aliphatic heterocycles. The fraction of sp³-hybridized carbons (Fsp3) is 0.227. The maximum atomic E-state index is 13.6. The summed E-state index contributed by atoms with van der Waals surface area (Å²) in [4.78, 5) is 29.7. The van der Waals surface area contributed by atoms with Crippen molar-refractivity contribution < 1.29 is 27.9 Å². The molecule has 0 spiro atoms. The standard InChI is InChI=1S/C22H17F3N2O3/c23-22(24,25)16-7-2-1-5-14(16)19-17(29)11-18(30)20(19)15-12-27(9-4-10-28)21-13(15)6-3-8-26-21/h1-3,5-8,12,28H,4,9-11H2. The van der Waals surface area contributed by atoms with Crippen molar-refractivity contribution in [2.45, 2.75) is 25.6 Å². The predicted octanol–water partition coefficient (Wildman–Crippen LogP) is 3.89. The molecule has 0 saturated carbocycles. The predicted molar refractivity (Wildman–Crippen MR) is 104 cm³/mol. The molecule has 1 aliphatic carbocycles. The molecule has 4 rings (SSSR count). The van der Waals surface area contributed by atoms with Gasteiger partial charge in [-0.2, -0.15) is 13.2 Å². The number of aliphatic hydroxyl groups is 1.